The van der Waals surface area contributed by atoms with Gasteiger partial charge >= 0.3 is 0 Å². The monoisotopic (exact) mass is 268 g/mol. The van der Waals surface area contributed by atoms with E-state index in [1.165, 1.54) is 19.3 Å². The normalized spacial score (nSPS) is 10.3. The first-order valence-corrected chi connectivity index (χ1v) is 6.86. The summed E-state index contributed by atoms with van der Waals surface area (Å²) in [7, 11) is 0. The summed E-state index contributed by atoms with van der Waals surface area (Å²) in [6.45, 7) is 3.89. The molecule has 3 nitrogen and oxygen atoms in total. The van der Waals surface area contributed by atoms with Crippen LogP contribution in [0.15, 0.2) is 24.3 Å². The van der Waals surface area contributed by atoms with E-state index >= 15 is 0 Å². The van der Waals surface area contributed by atoms with Crippen LogP contribution in [0.1, 0.15) is 32.6 Å². The van der Waals surface area contributed by atoms with Crippen LogP contribution in [0.25, 0.3) is 0 Å². The highest BCUT2D eigenvalue weighted by Gasteiger charge is 2.01. The van der Waals surface area contributed by atoms with Crippen molar-refractivity contribution in [1.29, 1.82) is 0 Å². The van der Waals surface area contributed by atoms with Gasteiger partial charge in [0.1, 0.15) is 0 Å². The summed E-state index contributed by atoms with van der Waals surface area (Å²) < 4.78 is 0. The van der Waals surface area contributed by atoms with Crippen molar-refractivity contribution in [3.63, 3.8) is 0 Å². The second-order valence-corrected chi connectivity index (χ2v) is 4.70. The summed E-state index contributed by atoms with van der Waals surface area (Å²) >= 11 is 5.77. The fourth-order valence-corrected chi connectivity index (χ4v) is 1.71. The Morgan fingerprint density at radius 2 is 1.89 bits per heavy atom. The van der Waals surface area contributed by atoms with E-state index in [0.29, 0.717) is 11.4 Å². The lowest BCUT2D eigenvalue weighted by atomic mass is 10.2. The number of rotatable bonds is 8. The molecule has 0 saturated carbocycles. The van der Waals surface area contributed by atoms with Gasteiger partial charge in [-0.05, 0) is 37.2 Å². The summed E-state index contributed by atoms with van der Waals surface area (Å²) in [4.78, 5) is 11.6. The van der Waals surface area contributed by atoms with Crippen molar-refractivity contribution in [3.05, 3.63) is 29.3 Å². The van der Waals surface area contributed by atoms with E-state index in [1.807, 2.05) is 0 Å². The molecule has 4 heteroatoms. The van der Waals surface area contributed by atoms with Gasteiger partial charge in [0.25, 0.3) is 0 Å². The molecule has 0 aliphatic rings. The molecule has 2 N–H and O–H groups in total. The highest BCUT2D eigenvalue weighted by molar-refractivity contribution is 6.30. The minimum atomic E-state index is 0.0281. The van der Waals surface area contributed by atoms with Crippen molar-refractivity contribution in [2.24, 2.45) is 0 Å². The predicted molar refractivity (Wildman–Crippen MR) is 77.1 cm³/mol. The summed E-state index contributed by atoms with van der Waals surface area (Å²) in [5, 5.41) is 6.77. The fraction of sp³-hybridized carbons (Fsp3) is 0.500. The number of unbranched alkanes of at least 4 members (excludes halogenated alkanes) is 2. The number of anilines is 1. The van der Waals surface area contributed by atoms with Gasteiger partial charge in [-0.15, -0.1) is 0 Å². The van der Waals surface area contributed by atoms with Crippen LogP contribution in [0.4, 0.5) is 5.69 Å². The first kappa shape index (κ1) is 15.0. The maximum atomic E-state index is 11.6. The number of carbonyl (C=O) groups is 1. The number of hydrogen-bond donors (Lipinski definition) is 2. The molecule has 100 valence electrons. The molecule has 0 spiro atoms. The highest BCUT2D eigenvalue weighted by atomic mass is 35.5. The first-order chi connectivity index (χ1) is 8.72. The maximum Gasteiger partial charge on any atom is 0.225 e. The molecule has 0 atom stereocenters. The summed E-state index contributed by atoms with van der Waals surface area (Å²) in [6.07, 6.45) is 4.13. The quantitative estimate of drug-likeness (QED) is 0.709. The minimum Gasteiger partial charge on any atom is -0.326 e. The Balaban J connectivity index is 2.12. The van der Waals surface area contributed by atoms with Gasteiger partial charge in [0.05, 0.1) is 0 Å². The lowest BCUT2D eigenvalue weighted by Crippen LogP contribution is -2.22. The minimum absolute atomic E-state index is 0.0281. The van der Waals surface area contributed by atoms with Crippen LogP contribution in [0.2, 0.25) is 5.02 Å². The zero-order valence-corrected chi connectivity index (χ0v) is 11.6. The van der Waals surface area contributed by atoms with Crippen molar-refractivity contribution in [2.75, 3.05) is 18.4 Å². The van der Waals surface area contributed by atoms with Crippen LogP contribution in [0.5, 0.6) is 0 Å². The molecule has 1 rings (SSSR count). The van der Waals surface area contributed by atoms with E-state index in [2.05, 4.69) is 17.6 Å². The zero-order valence-electron chi connectivity index (χ0n) is 10.8. The zero-order chi connectivity index (χ0) is 13.2. The second kappa shape index (κ2) is 8.95. The van der Waals surface area contributed by atoms with E-state index in [-0.39, 0.29) is 5.91 Å². The van der Waals surface area contributed by atoms with Crippen LogP contribution in [-0.4, -0.2) is 19.0 Å². The van der Waals surface area contributed by atoms with Crippen molar-refractivity contribution in [2.45, 2.75) is 32.6 Å². The molecule has 0 fully saturated rings. The van der Waals surface area contributed by atoms with Gasteiger partial charge in [-0.25, -0.2) is 0 Å². The lowest BCUT2D eigenvalue weighted by Gasteiger charge is -2.06. The second-order valence-electron chi connectivity index (χ2n) is 4.26. The van der Waals surface area contributed by atoms with Gasteiger partial charge in [0, 0.05) is 23.7 Å². The van der Waals surface area contributed by atoms with Crippen LogP contribution < -0.4 is 10.6 Å². The van der Waals surface area contributed by atoms with Gasteiger partial charge in [-0.3, -0.25) is 4.79 Å². The lowest BCUT2D eigenvalue weighted by molar-refractivity contribution is -0.116. The summed E-state index contributed by atoms with van der Waals surface area (Å²) in [5.41, 5.74) is 0.787. The molecular weight excluding hydrogens is 248 g/mol. The van der Waals surface area contributed by atoms with Crippen LogP contribution in [0.3, 0.4) is 0 Å². The molecule has 0 bridgehead atoms. The molecule has 0 unspecified atom stereocenters. The molecule has 1 aromatic rings. The largest absolute Gasteiger partial charge is 0.326 e. The smallest absolute Gasteiger partial charge is 0.225 e. The number of benzene rings is 1. The molecule has 0 aliphatic carbocycles. The molecule has 0 aliphatic heterocycles. The average molecular weight is 269 g/mol. The average Bonchev–Trinajstić information content (AvgIpc) is 2.36. The Bertz CT molecular complexity index is 351. The molecule has 18 heavy (non-hydrogen) atoms. The molecule has 1 amide bonds. The molecular formula is C14H21ClN2O. The van der Waals surface area contributed by atoms with Gasteiger partial charge in [0.2, 0.25) is 5.91 Å². The fourth-order valence-electron chi connectivity index (χ4n) is 1.58. The number of hydrogen-bond acceptors (Lipinski definition) is 2. The number of halogens is 1. The van der Waals surface area contributed by atoms with E-state index in [9.17, 15) is 4.79 Å². The van der Waals surface area contributed by atoms with Gasteiger partial charge in [-0.1, -0.05) is 31.4 Å². The highest BCUT2D eigenvalue weighted by Crippen LogP contribution is 2.13. The Hall–Kier alpha value is -1.06. The molecule has 0 heterocycles. The van der Waals surface area contributed by atoms with E-state index in [1.54, 1.807) is 24.3 Å². The first-order valence-electron chi connectivity index (χ1n) is 6.48. The third-order valence-electron chi connectivity index (χ3n) is 2.61. The van der Waals surface area contributed by atoms with Crippen molar-refractivity contribution in [3.8, 4) is 0 Å². The molecule has 0 radical (unpaired) electrons. The SMILES string of the molecule is CCCCCNCCC(=O)Nc1ccc(Cl)cc1. The van der Waals surface area contributed by atoms with Gasteiger partial charge in [-0.2, -0.15) is 0 Å². The summed E-state index contributed by atoms with van der Waals surface area (Å²) in [5.74, 6) is 0.0281. The van der Waals surface area contributed by atoms with Crippen molar-refractivity contribution >= 4 is 23.2 Å². The third kappa shape index (κ3) is 6.62. The van der Waals surface area contributed by atoms with Crippen LogP contribution >= 0.6 is 11.6 Å². The van der Waals surface area contributed by atoms with E-state index in [0.717, 1.165) is 18.8 Å². The molecule has 0 aromatic heterocycles. The number of carbonyl (C=O) groups excluding carboxylic acids is 1. The van der Waals surface area contributed by atoms with Crippen molar-refractivity contribution in [1.82, 2.24) is 5.32 Å². The topological polar surface area (TPSA) is 41.1 Å². The maximum absolute atomic E-state index is 11.6. The van der Waals surface area contributed by atoms with Crippen LogP contribution in [-0.2, 0) is 4.79 Å². The van der Waals surface area contributed by atoms with Gasteiger partial charge in [0.15, 0.2) is 0 Å². The molecule has 0 saturated heterocycles. The number of nitrogens with one attached hydrogen (secondary N) is 2. The Kier molecular flexibility index (Phi) is 7.46. The van der Waals surface area contributed by atoms with E-state index in [4.69, 9.17) is 11.6 Å². The Morgan fingerprint density at radius 1 is 1.17 bits per heavy atom. The Morgan fingerprint density at radius 3 is 2.56 bits per heavy atom. The van der Waals surface area contributed by atoms with Crippen molar-refractivity contribution < 1.29 is 4.79 Å². The Labute approximate surface area is 114 Å². The third-order valence-corrected chi connectivity index (χ3v) is 2.87. The van der Waals surface area contributed by atoms with Crippen LogP contribution in [0, 0.1) is 0 Å². The van der Waals surface area contributed by atoms with E-state index < -0.39 is 0 Å². The number of amides is 1. The van der Waals surface area contributed by atoms with Gasteiger partial charge < -0.3 is 10.6 Å². The standard InChI is InChI=1S/C14H21ClN2O/c1-2-3-4-10-16-11-9-14(18)17-13-7-5-12(15)6-8-13/h5-8,16H,2-4,9-11H2,1H3,(H,17,18). The molecule has 1 aromatic carbocycles. The predicted octanol–water partition coefficient (Wildman–Crippen LogP) is 3.45. The summed E-state index contributed by atoms with van der Waals surface area (Å²) in [6, 6.07) is 7.13.